The molecule has 0 saturated carbocycles. The Hall–Kier alpha value is -3.04. The largest absolute Gasteiger partial charge is 0.453 e. The first-order chi connectivity index (χ1) is 13.3. The van der Waals surface area contributed by atoms with E-state index in [4.69, 9.17) is 0 Å². The van der Waals surface area contributed by atoms with E-state index in [1.165, 1.54) is 36.4 Å². The highest BCUT2D eigenvalue weighted by molar-refractivity contribution is 5.84. The van der Waals surface area contributed by atoms with Crippen LogP contribution in [0.1, 0.15) is 19.3 Å². The number of pyridine rings is 2. The van der Waals surface area contributed by atoms with Gasteiger partial charge in [-0.05, 0) is 48.6 Å². The van der Waals surface area contributed by atoms with Gasteiger partial charge in [-0.3, -0.25) is 10.1 Å². The lowest BCUT2D eigenvalue weighted by Gasteiger charge is -2.38. The molecule has 2 N–H and O–H groups in total. The second-order valence-electron chi connectivity index (χ2n) is 6.41. The van der Waals surface area contributed by atoms with Gasteiger partial charge in [-0.1, -0.05) is 0 Å². The van der Waals surface area contributed by atoms with E-state index >= 15 is 0 Å². The second-order valence-corrected chi connectivity index (χ2v) is 6.41. The zero-order valence-corrected chi connectivity index (χ0v) is 15.0. The maximum atomic E-state index is 13.4. The monoisotopic (exact) mass is 396 g/mol. The van der Waals surface area contributed by atoms with Crippen LogP contribution in [0.2, 0.25) is 0 Å². The number of halogens is 3. The number of anilines is 2. The third kappa shape index (κ3) is 4.44. The van der Waals surface area contributed by atoms with Gasteiger partial charge in [-0.2, -0.15) is 13.2 Å². The van der Waals surface area contributed by atoms with E-state index in [1.807, 2.05) is 0 Å². The first kappa shape index (κ1) is 19.7. The molecule has 0 aromatic carbocycles. The van der Waals surface area contributed by atoms with Crippen molar-refractivity contribution in [2.24, 2.45) is 0 Å². The summed E-state index contributed by atoms with van der Waals surface area (Å²) in [4.78, 5) is 31.1. The van der Waals surface area contributed by atoms with Crippen molar-refractivity contribution in [1.82, 2.24) is 9.97 Å². The van der Waals surface area contributed by atoms with Crippen LogP contribution in [0.3, 0.4) is 0 Å². The molecule has 1 aliphatic rings. The first-order valence-corrected chi connectivity index (χ1v) is 8.67. The van der Waals surface area contributed by atoms with Crippen LogP contribution < -0.4 is 15.8 Å². The van der Waals surface area contributed by atoms with Gasteiger partial charge in [-0.25, -0.2) is 9.78 Å². The van der Waals surface area contributed by atoms with Crippen LogP contribution in [-0.2, 0) is 4.74 Å². The molecule has 1 amide bonds. The van der Waals surface area contributed by atoms with Crippen LogP contribution in [0, 0.1) is 0 Å². The lowest BCUT2D eigenvalue weighted by Crippen LogP contribution is -2.49. The molecule has 0 bridgehead atoms. The number of aromatic nitrogens is 2. The molecule has 2 aromatic rings. The zero-order chi connectivity index (χ0) is 20.3. The summed E-state index contributed by atoms with van der Waals surface area (Å²) in [6.07, 6.45) is -2.60. The Morgan fingerprint density at radius 1 is 1.29 bits per heavy atom. The number of piperidine rings is 1. The van der Waals surface area contributed by atoms with Crippen molar-refractivity contribution in [3.05, 3.63) is 40.8 Å². The van der Waals surface area contributed by atoms with Crippen molar-refractivity contribution < 1.29 is 22.7 Å². The number of methoxy groups -OCH3 is 1. The van der Waals surface area contributed by atoms with Crippen LogP contribution in [0.15, 0.2) is 35.3 Å². The van der Waals surface area contributed by atoms with Crippen LogP contribution in [-0.4, -0.2) is 41.9 Å². The van der Waals surface area contributed by atoms with Gasteiger partial charge in [0.25, 0.3) is 0 Å². The molecule has 28 heavy (non-hydrogen) atoms. The number of aromatic amines is 1. The second kappa shape index (κ2) is 7.91. The minimum Gasteiger partial charge on any atom is -0.453 e. The third-order valence-electron chi connectivity index (χ3n) is 4.53. The average molecular weight is 396 g/mol. The number of H-pyrrole nitrogens is 1. The molecule has 3 rings (SSSR count). The smallest absolute Gasteiger partial charge is 0.412 e. The van der Waals surface area contributed by atoms with Crippen molar-refractivity contribution in [3.8, 4) is 11.1 Å². The zero-order valence-electron chi connectivity index (χ0n) is 15.0. The number of amides is 1. The van der Waals surface area contributed by atoms with Gasteiger partial charge in [0.1, 0.15) is 17.7 Å². The Bertz CT molecular complexity index is 913. The number of carbonyl (C=O) groups is 1. The third-order valence-corrected chi connectivity index (χ3v) is 4.53. The van der Waals surface area contributed by atoms with Crippen LogP contribution in [0.4, 0.5) is 29.6 Å². The van der Waals surface area contributed by atoms with Gasteiger partial charge in [0, 0.05) is 18.8 Å². The lowest BCUT2D eigenvalue weighted by atomic mass is 10.0. The molecule has 10 heteroatoms. The molecule has 2 aromatic heterocycles. The number of rotatable bonds is 3. The number of hydrogen-bond donors (Lipinski definition) is 2. The summed E-state index contributed by atoms with van der Waals surface area (Å²) in [7, 11) is 1.21. The number of alkyl halides is 3. The minimum atomic E-state index is -4.39. The fourth-order valence-electron chi connectivity index (χ4n) is 3.24. The quantitative estimate of drug-likeness (QED) is 0.829. The summed E-state index contributed by atoms with van der Waals surface area (Å²) >= 11 is 0. The molecule has 3 heterocycles. The number of carbonyl (C=O) groups excluding carboxylic acids is 1. The Labute approximate surface area is 158 Å². The van der Waals surface area contributed by atoms with Crippen LogP contribution in [0.25, 0.3) is 11.1 Å². The van der Waals surface area contributed by atoms with E-state index in [2.05, 4.69) is 20.0 Å². The molecule has 1 saturated heterocycles. The summed E-state index contributed by atoms with van der Waals surface area (Å²) in [6, 6.07) is 4.25. The standard InChI is InChI=1S/C18H19F3N4O3/c1-28-17(27)23-14-8-11(5-6-22-14)12-9-15(24-16(26)10-12)25-7-3-2-4-13(25)18(19,20)21/h5-6,8-10,13H,2-4,7H2,1H3,(H,24,26)(H,22,23,27). The fourth-order valence-corrected chi connectivity index (χ4v) is 3.24. The molecular formula is C18H19F3N4O3. The summed E-state index contributed by atoms with van der Waals surface area (Å²) in [5.41, 5.74) is 0.424. The average Bonchev–Trinajstić information content (AvgIpc) is 2.67. The predicted octanol–water partition coefficient (Wildman–Crippen LogP) is 3.54. The molecule has 0 spiro atoms. The van der Waals surface area contributed by atoms with Crippen molar-refractivity contribution >= 4 is 17.7 Å². The SMILES string of the molecule is COC(=O)Nc1cc(-c2cc(N3CCCCC3C(F)(F)F)[nH]c(=O)c2)ccn1. The van der Waals surface area contributed by atoms with E-state index in [0.717, 1.165) is 0 Å². The number of nitrogens with zero attached hydrogens (tertiary/aromatic N) is 2. The van der Waals surface area contributed by atoms with Gasteiger partial charge >= 0.3 is 12.3 Å². The Morgan fingerprint density at radius 3 is 2.79 bits per heavy atom. The van der Waals surface area contributed by atoms with Crippen LogP contribution in [0.5, 0.6) is 0 Å². The van der Waals surface area contributed by atoms with Gasteiger partial charge in [0.05, 0.1) is 7.11 Å². The Kier molecular flexibility index (Phi) is 5.57. The summed E-state index contributed by atoms with van der Waals surface area (Å²) in [6.45, 7) is 0.203. The maximum Gasteiger partial charge on any atom is 0.412 e. The van der Waals surface area contributed by atoms with Crippen molar-refractivity contribution in [2.75, 3.05) is 23.9 Å². The van der Waals surface area contributed by atoms with E-state index in [9.17, 15) is 22.8 Å². The number of nitrogens with one attached hydrogen (secondary N) is 2. The van der Waals surface area contributed by atoms with E-state index in [-0.39, 0.29) is 24.6 Å². The Morgan fingerprint density at radius 2 is 2.07 bits per heavy atom. The van der Waals surface area contributed by atoms with Crippen LogP contribution >= 0.6 is 0 Å². The number of ether oxygens (including phenoxy) is 1. The van der Waals surface area contributed by atoms with Gasteiger partial charge in [0.15, 0.2) is 0 Å². The molecule has 0 radical (unpaired) electrons. The molecule has 0 aliphatic carbocycles. The molecule has 1 atom stereocenters. The molecule has 1 fully saturated rings. The number of hydrogen-bond acceptors (Lipinski definition) is 5. The van der Waals surface area contributed by atoms with Gasteiger partial charge < -0.3 is 14.6 Å². The predicted molar refractivity (Wildman–Crippen MR) is 97.4 cm³/mol. The van der Waals surface area contributed by atoms with Crippen molar-refractivity contribution in [3.63, 3.8) is 0 Å². The lowest BCUT2D eigenvalue weighted by molar-refractivity contribution is -0.152. The summed E-state index contributed by atoms with van der Waals surface area (Å²) < 4.78 is 44.7. The van der Waals surface area contributed by atoms with E-state index in [0.29, 0.717) is 24.0 Å². The molecular weight excluding hydrogens is 377 g/mol. The highest BCUT2D eigenvalue weighted by atomic mass is 19.4. The van der Waals surface area contributed by atoms with E-state index < -0.39 is 23.9 Å². The van der Waals surface area contributed by atoms with Crippen molar-refractivity contribution in [1.29, 1.82) is 0 Å². The summed E-state index contributed by atoms with van der Waals surface area (Å²) in [5, 5.41) is 2.40. The minimum absolute atomic E-state index is 0.0157. The highest BCUT2D eigenvalue weighted by Gasteiger charge is 2.44. The fraction of sp³-hybridized carbons (Fsp3) is 0.389. The van der Waals surface area contributed by atoms with Gasteiger partial charge in [-0.15, -0.1) is 0 Å². The normalized spacial score (nSPS) is 17.3. The summed E-state index contributed by atoms with van der Waals surface area (Å²) in [5.74, 6) is 0.307. The molecule has 7 nitrogen and oxygen atoms in total. The molecule has 150 valence electrons. The van der Waals surface area contributed by atoms with Gasteiger partial charge in [0.2, 0.25) is 5.56 Å². The topological polar surface area (TPSA) is 87.3 Å². The van der Waals surface area contributed by atoms with Crippen molar-refractivity contribution in [2.45, 2.75) is 31.5 Å². The molecule has 1 aliphatic heterocycles. The maximum absolute atomic E-state index is 13.4. The Balaban J connectivity index is 1.97. The van der Waals surface area contributed by atoms with E-state index in [1.54, 1.807) is 6.07 Å². The molecule has 1 unspecified atom stereocenters. The first-order valence-electron chi connectivity index (χ1n) is 8.67. The highest BCUT2D eigenvalue weighted by Crippen LogP contribution is 2.35.